The van der Waals surface area contributed by atoms with Crippen LogP contribution in [0.1, 0.15) is 20.8 Å². The molecule has 0 saturated carbocycles. The van der Waals surface area contributed by atoms with Crippen LogP contribution in [0.3, 0.4) is 0 Å². The van der Waals surface area contributed by atoms with Crippen molar-refractivity contribution in [2.75, 3.05) is 18.4 Å². The fraction of sp³-hybridized carbons (Fsp3) is 0.429. The Morgan fingerprint density at radius 1 is 1.33 bits per heavy atom. The van der Waals surface area contributed by atoms with Crippen molar-refractivity contribution in [3.8, 4) is 0 Å². The number of hydrogen-bond acceptors (Lipinski definition) is 4. The van der Waals surface area contributed by atoms with Gasteiger partial charge in [-0.2, -0.15) is 0 Å². The minimum atomic E-state index is -0.832. The summed E-state index contributed by atoms with van der Waals surface area (Å²) in [7, 11) is 0. The summed E-state index contributed by atoms with van der Waals surface area (Å²) in [5.41, 5.74) is 4.62. The van der Waals surface area contributed by atoms with Crippen LogP contribution in [0.15, 0.2) is 24.3 Å². The Morgan fingerprint density at radius 2 is 1.95 bits per heavy atom. The van der Waals surface area contributed by atoms with Crippen molar-refractivity contribution in [3.05, 3.63) is 30.1 Å². The highest BCUT2D eigenvalue weighted by Gasteiger charge is 2.27. The zero-order chi connectivity index (χ0) is 16.0. The van der Waals surface area contributed by atoms with E-state index >= 15 is 0 Å². The number of nitrogens with one attached hydrogen (secondary N) is 1. The van der Waals surface area contributed by atoms with Crippen LogP contribution in [0.2, 0.25) is 0 Å². The number of para-hydroxylation sites is 1. The number of anilines is 1. The molecule has 0 atom stereocenters. The highest BCUT2D eigenvalue weighted by Crippen LogP contribution is 2.15. The summed E-state index contributed by atoms with van der Waals surface area (Å²) in [6.07, 6.45) is -0.832. The Labute approximate surface area is 123 Å². The summed E-state index contributed by atoms with van der Waals surface area (Å²) in [5, 5.41) is 2.32. The fourth-order valence-electron chi connectivity index (χ4n) is 1.47. The topological polar surface area (TPSA) is 84.7 Å². The van der Waals surface area contributed by atoms with Gasteiger partial charge in [0.2, 0.25) is 0 Å². The Hall–Kier alpha value is -2.15. The summed E-state index contributed by atoms with van der Waals surface area (Å²) in [5.74, 6) is -0.595. The van der Waals surface area contributed by atoms with Crippen molar-refractivity contribution in [3.63, 3.8) is 0 Å². The number of ether oxygens (including phenoxy) is 1. The SMILES string of the molecule is CC(C)(C)OC(=O)N(CCN)C(=O)Nc1ccccc1F. The minimum Gasteiger partial charge on any atom is -0.443 e. The first kappa shape index (κ1) is 16.9. The molecule has 1 aromatic rings. The molecular formula is C14H20FN3O3. The molecule has 0 aliphatic heterocycles. The Kier molecular flexibility index (Phi) is 5.66. The van der Waals surface area contributed by atoms with Crippen LogP contribution in [0, 0.1) is 5.82 Å². The van der Waals surface area contributed by atoms with Crippen LogP contribution in [-0.4, -0.2) is 35.7 Å². The first-order chi connectivity index (χ1) is 9.74. The molecule has 0 aliphatic carbocycles. The molecule has 3 N–H and O–H groups in total. The molecule has 0 heterocycles. The molecule has 0 aliphatic rings. The van der Waals surface area contributed by atoms with E-state index in [0.717, 1.165) is 4.90 Å². The summed E-state index contributed by atoms with van der Waals surface area (Å²) in [4.78, 5) is 24.8. The van der Waals surface area contributed by atoms with Gasteiger partial charge < -0.3 is 15.8 Å². The Balaban J connectivity index is 2.83. The van der Waals surface area contributed by atoms with Gasteiger partial charge in [0.25, 0.3) is 0 Å². The van der Waals surface area contributed by atoms with Gasteiger partial charge in [0.05, 0.1) is 5.69 Å². The molecule has 1 rings (SSSR count). The summed E-state index contributed by atoms with van der Waals surface area (Å²) in [6, 6.07) is 4.87. The largest absolute Gasteiger partial charge is 0.443 e. The number of carbonyl (C=O) groups excluding carboxylic acids is 2. The average molecular weight is 297 g/mol. The van der Waals surface area contributed by atoms with Crippen LogP contribution in [0.4, 0.5) is 19.7 Å². The number of rotatable bonds is 3. The van der Waals surface area contributed by atoms with Crippen molar-refractivity contribution in [2.24, 2.45) is 5.73 Å². The lowest BCUT2D eigenvalue weighted by Crippen LogP contribution is -2.45. The molecule has 116 valence electrons. The van der Waals surface area contributed by atoms with Gasteiger partial charge in [0.15, 0.2) is 0 Å². The van der Waals surface area contributed by atoms with Crippen LogP contribution in [0.25, 0.3) is 0 Å². The zero-order valence-electron chi connectivity index (χ0n) is 12.4. The van der Waals surface area contributed by atoms with Gasteiger partial charge in [-0.25, -0.2) is 18.9 Å². The molecular weight excluding hydrogens is 277 g/mol. The molecule has 0 fully saturated rings. The summed E-state index contributed by atoms with van der Waals surface area (Å²) < 4.78 is 18.6. The highest BCUT2D eigenvalue weighted by molar-refractivity contribution is 5.99. The van der Waals surface area contributed by atoms with E-state index in [1.807, 2.05) is 0 Å². The number of amides is 3. The third-order valence-corrected chi connectivity index (χ3v) is 2.33. The quantitative estimate of drug-likeness (QED) is 0.898. The van der Waals surface area contributed by atoms with E-state index < -0.39 is 23.5 Å². The van der Waals surface area contributed by atoms with Crippen molar-refractivity contribution < 1.29 is 18.7 Å². The van der Waals surface area contributed by atoms with Crippen LogP contribution < -0.4 is 11.1 Å². The molecule has 1 aromatic carbocycles. The molecule has 7 heteroatoms. The number of halogens is 1. The first-order valence-electron chi connectivity index (χ1n) is 6.50. The van der Waals surface area contributed by atoms with Crippen LogP contribution in [-0.2, 0) is 4.74 Å². The number of carbonyl (C=O) groups is 2. The Morgan fingerprint density at radius 3 is 2.48 bits per heavy atom. The van der Waals surface area contributed by atoms with Gasteiger partial charge in [0, 0.05) is 13.1 Å². The van der Waals surface area contributed by atoms with E-state index in [1.54, 1.807) is 26.8 Å². The Bertz CT molecular complexity index is 514. The monoisotopic (exact) mass is 297 g/mol. The van der Waals surface area contributed by atoms with E-state index in [0.29, 0.717) is 0 Å². The first-order valence-corrected chi connectivity index (χ1v) is 6.50. The summed E-state index contributed by atoms with van der Waals surface area (Å²) >= 11 is 0. The van der Waals surface area contributed by atoms with Crippen molar-refractivity contribution in [1.82, 2.24) is 4.90 Å². The second-order valence-corrected chi connectivity index (χ2v) is 5.33. The lowest BCUT2D eigenvalue weighted by Gasteiger charge is -2.26. The van der Waals surface area contributed by atoms with E-state index in [4.69, 9.17) is 10.5 Å². The van der Waals surface area contributed by atoms with Gasteiger partial charge in [-0.05, 0) is 32.9 Å². The standard InChI is InChI=1S/C14H20FN3O3/c1-14(2,3)21-13(20)18(9-8-16)12(19)17-11-7-5-4-6-10(11)15/h4-7H,8-9,16H2,1-3H3,(H,17,19). The third kappa shape index (κ3) is 5.39. The van der Waals surface area contributed by atoms with Gasteiger partial charge >= 0.3 is 12.1 Å². The zero-order valence-corrected chi connectivity index (χ0v) is 12.4. The normalized spacial score (nSPS) is 10.9. The molecule has 0 bridgehead atoms. The van der Waals surface area contributed by atoms with Crippen molar-refractivity contribution in [2.45, 2.75) is 26.4 Å². The van der Waals surface area contributed by atoms with E-state index in [-0.39, 0.29) is 18.8 Å². The lowest BCUT2D eigenvalue weighted by molar-refractivity contribution is 0.0336. The second kappa shape index (κ2) is 7.03. The van der Waals surface area contributed by atoms with E-state index in [2.05, 4.69) is 5.32 Å². The lowest BCUT2D eigenvalue weighted by atomic mass is 10.2. The number of nitrogens with zero attached hydrogens (tertiary/aromatic N) is 1. The van der Waals surface area contributed by atoms with Crippen LogP contribution >= 0.6 is 0 Å². The molecule has 3 amide bonds. The smallest absolute Gasteiger partial charge is 0.418 e. The molecule has 0 radical (unpaired) electrons. The van der Waals surface area contributed by atoms with Gasteiger partial charge in [0.1, 0.15) is 11.4 Å². The maximum Gasteiger partial charge on any atom is 0.418 e. The third-order valence-electron chi connectivity index (χ3n) is 2.33. The number of hydrogen-bond donors (Lipinski definition) is 2. The number of nitrogens with two attached hydrogens (primary N) is 1. The van der Waals surface area contributed by atoms with E-state index in [1.165, 1.54) is 18.2 Å². The predicted octanol–water partition coefficient (Wildman–Crippen LogP) is 2.55. The molecule has 0 spiro atoms. The number of urea groups is 1. The molecule has 21 heavy (non-hydrogen) atoms. The molecule has 0 aromatic heterocycles. The number of benzene rings is 1. The van der Waals surface area contributed by atoms with Gasteiger partial charge in [-0.15, -0.1) is 0 Å². The molecule has 6 nitrogen and oxygen atoms in total. The highest BCUT2D eigenvalue weighted by atomic mass is 19.1. The predicted molar refractivity (Wildman–Crippen MR) is 77.4 cm³/mol. The second-order valence-electron chi connectivity index (χ2n) is 5.33. The molecule has 0 unspecified atom stereocenters. The fourth-order valence-corrected chi connectivity index (χ4v) is 1.47. The summed E-state index contributed by atoms with van der Waals surface area (Å²) in [6.45, 7) is 5.08. The molecule has 0 saturated heterocycles. The van der Waals surface area contributed by atoms with Crippen LogP contribution in [0.5, 0.6) is 0 Å². The maximum absolute atomic E-state index is 13.5. The van der Waals surface area contributed by atoms with E-state index in [9.17, 15) is 14.0 Å². The van der Waals surface area contributed by atoms with Crippen molar-refractivity contribution in [1.29, 1.82) is 0 Å². The van der Waals surface area contributed by atoms with Gasteiger partial charge in [-0.1, -0.05) is 12.1 Å². The van der Waals surface area contributed by atoms with Gasteiger partial charge in [-0.3, -0.25) is 0 Å². The average Bonchev–Trinajstić information content (AvgIpc) is 2.36. The van der Waals surface area contributed by atoms with Crippen molar-refractivity contribution >= 4 is 17.8 Å². The minimum absolute atomic E-state index is 0.0203. The maximum atomic E-state index is 13.5. The number of imide groups is 1.